The first-order valence-corrected chi connectivity index (χ1v) is 5.58. The summed E-state index contributed by atoms with van der Waals surface area (Å²) in [7, 11) is 0. The summed E-state index contributed by atoms with van der Waals surface area (Å²) in [5.41, 5.74) is 0.601. The highest BCUT2D eigenvalue weighted by Gasteiger charge is 2.10. The molecule has 0 radical (unpaired) electrons. The Bertz CT molecular complexity index is 475. The minimum absolute atomic E-state index is 0.114. The van der Waals surface area contributed by atoms with Crippen LogP contribution in [0.4, 0.5) is 0 Å². The van der Waals surface area contributed by atoms with E-state index in [1.54, 1.807) is 36.7 Å². The number of benzene rings is 1. The highest BCUT2D eigenvalue weighted by Crippen LogP contribution is 2.14. The summed E-state index contributed by atoms with van der Waals surface area (Å²) in [6.45, 7) is 2.74. The Labute approximate surface area is 99.7 Å². The van der Waals surface area contributed by atoms with Gasteiger partial charge >= 0.3 is 0 Å². The number of H-pyrrole nitrogens is 1. The first-order valence-electron chi connectivity index (χ1n) is 5.58. The number of carbonyl (C=O) groups excluding carboxylic acids is 1. The molecule has 4 heteroatoms. The minimum atomic E-state index is -0.114. The van der Waals surface area contributed by atoms with Gasteiger partial charge in [0.1, 0.15) is 5.75 Å². The number of ketones is 1. The average molecular weight is 230 g/mol. The molecule has 0 aliphatic carbocycles. The first kappa shape index (κ1) is 11.4. The van der Waals surface area contributed by atoms with Crippen molar-refractivity contribution in [1.82, 2.24) is 9.97 Å². The molecule has 0 fully saturated rings. The Morgan fingerprint density at radius 3 is 2.71 bits per heavy atom. The van der Waals surface area contributed by atoms with Gasteiger partial charge in [0.05, 0.1) is 6.61 Å². The predicted molar refractivity (Wildman–Crippen MR) is 64.2 cm³/mol. The number of imidazole rings is 1. The summed E-state index contributed by atoms with van der Waals surface area (Å²) >= 11 is 0. The number of rotatable bonds is 5. The van der Waals surface area contributed by atoms with Gasteiger partial charge in [0.25, 0.3) is 0 Å². The lowest BCUT2D eigenvalue weighted by Crippen LogP contribution is -2.03. The molecule has 1 N–H and O–H groups in total. The summed E-state index contributed by atoms with van der Waals surface area (Å²) in [4.78, 5) is 18.6. The van der Waals surface area contributed by atoms with Crippen LogP contribution in [0.25, 0.3) is 0 Å². The Balaban J connectivity index is 2.10. The van der Waals surface area contributed by atoms with Gasteiger partial charge < -0.3 is 9.72 Å². The number of ether oxygens (including phenoxy) is 1. The van der Waals surface area contributed by atoms with Crippen LogP contribution in [0, 0.1) is 0 Å². The maximum Gasteiger partial charge on any atom is 0.228 e. The van der Waals surface area contributed by atoms with Crippen molar-refractivity contribution in [2.75, 3.05) is 6.61 Å². The quantitative estimate of drug-likeness (QED) is 0.802. The number of nitrogens with one attached hydrogen (secondary N) is 1. The van der Waals surface area contributed by atoms with Crippen molar-refractivity contribution in [2.24, 2.45) is 0 Å². The van der Waals surface area contributed by atoms with Gasteiger partial charge in [-0.1, -0.05) is 6.92 Å². The second kappa shape index (κ2) is 5.30. The Morgan fingerprint density at radius 2 is 2.12 bits per heavy atom. The molecular weight excluding hydrogens is 216 g/mol. The Hall–Kier alpha value is -2.10. The maximum absolute atomic E-state index is 11.9. The summed E-state index contributed by atoms with van der Waals surface area (Å²) in [5.74, 6) is 1.02. The highest BCUT2D eigenvalue weighted by molar-refractivity contribution is 6.06. The van der Waals surface area contributed by atoms with E-state index in [2.05, 4.69) is 16.9 Å². The molecule has 0 aliphatic heterocycles. The molecule has 1 aromatic carbocycles. The molecule has 88 valence electrons. The van der Waals surface area contributed by atoms with Crippen molar-refractivity contribution in [3.8, 4) is 5.75 Å². The van der Waals surface area contributed by atoms with E-state index in [4.69, 9.17) is 4.74 Å². The number of aromatic nitrogens is 2. The molecular formula is C13H14N2O2. The molecule has 0 aliphatic rings. The normalized spacial score (nSPS) is 10.2. The minimum Gasteiger partial charge on any atom is -0.494 e. The van der Waals surface area contributed by atoms with Crippen molar-refractivity contribution in [2.45, 2.75) is 13.3 Å². The van der Waals surface area contributed by atoms with E-state index < -0.39 is 0 Å². The summed E-state index contributed by atoms with van der Waals surface area (Å²) in [5, 5.41) is 0. The fourth-order valence-electron chi connectivity index (χ4n) is 1.45. The van der Waals surface area contributed by atoms with Crippen molar-refractivity contribution in [3.05, 3.63) is 48.0 Å². The zero-order valence-electron chi connectivity index (χ0n) is 9.64. The van der Waals surface area contributed by atoms with Gasteiger partial charge in [-0.05, 0) is 30.7 Å². The largest absolute Gasteiger partial charge is 0.494 e. The lowest BCUT2D eigenvalue weighted by atomic mass is 10.1. The zero-order chi connectivity index (χ0) is 12.1. The number of aromatic amines is 1. The third-order valence-corrected chi connectivity index (χ3v) is 2.30. The van der Waals surface area contributed by atoms with Crippen molar-refractivity contribution in [1.29, 1.82) is 0 Å². The van der Waals surface area contributed by atoms with Crippen LogP contribution in [0.3, 0.4) is 0 Å². The number of nitrogens with zero attached hydrogens (tertiary/aromatic N) is 1. The number of hydrogen-bond acceptors (Lipinski definition) is 3. The van der Waals surface area contributed by atoms with Gasteiger partial charge in [-0.25, -0.2) is 4.98 Å². The third-order valence-electron chi connectivity index (χ3n) is 2.30. The topological polar surface area (TPSA) is 55.0 Å². The van der Waals surface area contributed by atoms with Crippen LogP contribution in [0.2, 0.25) is 0 Å². The average Bonchev–Trinajstić information content (AvgIpc) is 2.90. The van der Waals surface area contributed by atoms with Gasteiger partial charge in [0.2, 0.25) is 5.78 Å². The molecule has 0 spiro atoms. The Kier molecular flexibility index (Phi) is 3.55. The third kappa shape index (κ3) is 2.72. The lowest BCUT2D eigenvalue weighted by molar-refractivity contribution is 0.103. The molecule has 2 rings (SSSR count). The molecule has 1 heterocycles. The Morgan fingerprint density at radius 1 is 1.35 bits per heavy atom. The second-order valence-corrected chi connectivity index (χ2v) is 3.64. The molecule has 0 saturated heterocycles. The van der Waals surface area contributed by atoms with Crippen LogP contribution in [-0.4, -0.2) is 22.4 Å². The predicted octanol–water partition coefficient (Wildman–Crippen LogP) is 2.43. The summed E-state index contributed by atoms with van der Waals surface area (Å²) < 4.78 is 5.45. The van der Waals surface area contributed by atoms with Crippen LogP contribution in [0.1, 0.15) is 29.5 Å². The van der Waals surface area contributed by atoms with Gasteiger partial charge in [0.15, 0.2) is 5.82 Å². The van der Waals surface area contributed by atoms with E-state index in [0.717, 1.165) is 12.2 Å². The van der Waals surface area contributed by atoms with Gasteiger partial charge in [-0.15, -0.1) is 0 Å². The van der Waals surface area contributed by atoms with Crippen molar-refractivity contribution in [3.63, 3.8) is 0 Å². The van der Waals surface area contributed by atoms with Crippen molar-refractivity contribution >= 4 is 5.78 Å². The van der Waals surface area contributed by atoms with E-state index in [0.29, 0.717) is 18.0 Å². The van der Waals surface area contributed by atoms with E-state index in [-0.39, 0.29) is 5.78 Å². The maximum atomic E-state index is 11.9. The molecule has 0 bridgehead atoms. The molecule has 0 atom stereocenters. The van der Waals surface area contributed by atoms with E-state index in [1.807, 2.05) is 0 Å². The van der Waals surface area contributed by atoms with E-state index >= 15 is 0 Å². The van der Waals surface area contributed by atoms with Crippen LogP contribution in [0.15, 0.2) is 36.7 Å². The number of hydrogen-bond donors (Lipinski definition) is 1. The molecule has 4 nitrogen and oxygen atoms in total. The smallest absolute Gasteiger partial charge is 0.228 e. The molecule has 0 amide bonds. The monoisotopic (exact) mass is 230 g/mol. The second-order valence-electron chi connectivity index (χ2n) is 3.64. The molecule has 0 unspecified atom stereocenters. The van der Waals surface area contributed by atoms with Gasteiger partial charge in [-0.3, -0.25) is 4.79 Å². The molecule has 0 saturated carbocycles. The van der Waals surface area contributed by atoms with Crippen LogP contribution in [-0.2, 0) is 0 Å². The summed E-state index contributed by atoms with van der Waals surface area (Å²) in [6.07, 6.45) is 4.16. The van der Waals surface area contributed by atoms with Gasteiger partial charge in [-0.2, -0.15) is 0 Å². The van der Waals surface area contributed by atoms with Crippen LogP contribution < -0.4 is 4.74 Å². The zero-order valence-corrected chi connectivity index (χ0v) is 9.64. The SMILES string of the molecule is CCCOc1ccc(C(=O)c2ncc[nH]2)cc1. The molecule has 2 aromatic rings. The lowest BCUT2D eigenvalue weighted by Gasteiger charge is -2.04. The fourth-order valence-corrected chi connectivity index (χ4v) is 1.45. The highest BCUT2D eigenvalue weighted by atomic mass is 16.5. The summed E-state index contributed by atoms with van der Waals surface area (Å²) in [6, 6.07) is 7.09. The first-order chi connectivity index (χ1) is 8.31. The standard InChI is InChI=1S/C13H14N2O2/c1-2-9-17-11-5-3-10(4-6-11)12(16)13-14-7-8-15-13/h3-8H,2,9H2,1H3,(H,14,15). The van der Waals surface area contributed by atoms with Crippen molar-refractivity contribution < 1.29 is 9.53 Å². The molecule has 17 heavy (non-hydrogen) atoms. The van der Waals surface area contributed by atoms with Gasteiger partial charge in [0, 0.05) is 18.0 Å². The van der Waals surface area contributed by atoms with E-state index in [9.17, 15) is 4.79 Å². The van der Waals surface area contributed by atoms with Crippen LogP contribution >= 0.6 is 0 Å². The fraction of sp³-hybridized carbons (Fsp3) is 0.231. The molecule has 1 aromatic heterocycles. The van der Waals surface area contributed by atoms with Crippen LogP contribution in [0.5, 0.6) is 5.75 Å². The van der Waals surface area contributed by atoms with E-state index in [1.165, 1.54) is 0 Å². The number of carbonyl (C=O) groups is 1.